The highest BCUT2D eigenvalue weighted by atomic mass is 127. The summed E-state index contributed by atoms with van der Waals surface area (Å²) in [5.41, 5.74) is 1.25. The van der Waals surface area contributed by atoms with E-state index in [1.165, 1.54) is 0 Å². The Kier molecular flexibility index (Phi) is 6.28. The van der Waals surface area contributed by atoms with Crippen LogP contribution >= 0.6 is 22.6 Å². The predicted molar refractivity (Wildman–Crippen MR) is 60.0 cm³/mol. The first-order valence-electron chi connectivity index (χ1n) is 3.89. The molecule has 0 aliphatic carbocycles. The first-order valence-corrected chi connectivity index (χ1v) is 4.97. The third kappa shape index (κ3) is 7.41. The highest BCUT2D eigenvalue weighted by Crippen LogP contribution is 2.19. The lowest BCUT2D eigenvalue weighted by Gasteiger charge is -1.94. The zero-order valence-electron chi connectivity index (χ0n) is 7.75. The lowest BCUT2D eigenvalue weighted by molar-refractivity contribution is 0.281. The fourth-order valence-corrected chi connectivity index (χ4v) is 1.25. The summed E-state index contributed by atoms with van der Waals surface area (Å²) in [4.78, 5) is 3.01. The van der Waals surface area contributed by atoms with E-state index in [4.69, 9.17) is 10.5 Å². The van der Waals surface area contributed by atoms with Crippen molar-refractivity contribution in [3.8, 4) is 0 Å². The van der Waals surface area contributed by atoms with Crippen molar-refractivity contribution in [2.45, 2.75) is 6.61 Å². The van der Waals surface area contributed by atoms with E-state index in [2.05, 4.69) is 27.6 Å². The van der Waals surface area contributed by atoms with Crippen LogP contribution in [0.25, 0.3) is 4.98 Å². The monoisotopic (exact) mass is 348 g/mol. The second-order valence-electron chi connectivity index (χ2n) is 2.53. The molecule has 88 valence electrons. The van der Waals surface area contributed by atoms with E-state index in [0.717, 1.165) is 9.13 Å². The summed E-state index contributed by atoms with van der Waals surface area (Å²) in [5, 5.41) is 17.2. The molecule has 0 heterocycles. The second kappa shape index (κ2) is 6.64. The summed E-state index contributed by atoms with van der Waals surface area (Å²) in [6, 6.07) is 5.11. The molecule has 3 nitrogen and oxygen atoms in total. The number of benzene rings is 1. The van der Waals surface area contributed by atoms with Gasteiger partial charge in [-0.3, -0.25) is 0 Å². The molecular formula is C7H6BF4IN2O. The maximum atomic E-state index is 9.75. The van der Waals surface area contributed by atoms with Crippen LogP contribution in [-0.4, -0.2) is 12.4 Å². The van der Waals surface area contributed by atoms with Gasteiger partial charge in [-0.25, -0.2) is 0 Å². The minimum atomic E-state index is -6.00. The maximum absolute atomic E-state index is 9.75. The summed E-state index contributed by atoms with van der Waals surface area (Å²) >= 11 is 2.11. The molecule has 0 aromatic heterocycles. The highest BCUT2D eigenvalue weighted by Gasteiger charge is 2.20. The number of hydrogen-bond acceptors (Lipinski definition) is 2. The third-order valence-corrected chi connectivity index (χ3v) is 2.37. The van der Waals surface area contributed by atoms with Crippen molar-refractivity contribution in [2.24, 2.45) is 0 Å². The van der Waals surface area contributed by atoms with Crippen molar-refractivity contribution in [1.82, 2.24) is 0 Å². The standard InChI is InChI=1S/C7H6IN2O.BF4/c8-7-2-1-6(10-9)3-5(7)4-11;2-1(3,4)5/h1-3,11H,4H2;/q+1;-1. The fraction of sp³-hybridized carbons (Fsp3) is 0.143. The van der Waals surface area contributed by atoms with E-state index < -0.39 is 7.25 Å². The van der Waals surface area contributed by atoms with E-state index in [9.17, 15) is 17.3 Å². The summed E-state index contributed by atoms with van der Waals surface area (Å²) in [5.74, 6) is 0. The van der Waals surface area contributed by atoms with Crippen LogP contribution in [0.3, 0.4) is 0 Å². The van der Waals surface area contributed by atoms with Gasteiger partial charge in [-0.2, -0.15) is 0 Å². The Morgan fingerprint density at radius 1 is 1.31 bits per heavy atom. The Morgan fingerprint density at radius 3 is 2.19 bits per heavy atom. The highest BCUT2D eigenvalue weighted by molar-refractivity contribution is 14.1. The molecule has 1 N–H and O–H groups in total. The van der Waals surface area contributed by atoms with Crippen LogP contribution in [0.1, 0.15) is 5.56 Å². The number of nitrogens with zero attached hydrogens (tertiary/aromatic N) is 2. The number of hydrogen-bond donors (Lipinski definition) is 1. The van der Waals surface area contributed by atoms with Gasteiger partial charge in [0.25, 0.3) is 0 Å². The second-order valence-corrected chi connectivity index (χ2v) is 3.69. The number of diazo groups is 1. The van der Waals surface area contributed by atoms with Gasteiger partial charge in [0, 0.05) is 15.7 Å². The van der Waals surface area contributed by atoms with Crippen LogP contribution in [0.2, 0.25) is 0 Å². The van der Waals surface area contributed by atoms with Gasteiger partial charge < -0.3 is 22.4 Å². The van der Waals surface area contributed by atoms with Gasteiger partial charge in [-0.05, 0) is 34.2 Å². The van der Waals surface area contributed by atoms with Crippen LogP contribution in [0.15, 0.2) is 18.2 Å². The van der Waals surface area contributed by atoms with E-state index >= 15 is 0 Å². The van der Waals surface area contributed by atoms with Crippen LogP contribution in [-0.2, 0) is 6.61 Å². The molecule has 0 saturated heterocycles. The summed E-state index contributed by atoms with van der Waals surface area (Å²) < 4.78 is 40.0. The molecule has 0 aliphatic rings. The van der Waals surface area contributed by atoms with Crippen LogP contribution < -0.4 is 0 Å². The smallest absolute Gasteiger partial charge is 0.418 e. The molecule has 0 atom stereocenters. The molecule has 0 fully saturated rings. The zero-order valence-corrected chi connectivity index (χ0v) is 9.91. The van der Waals surface area contributed by atoms with Crippen LogP contribution in [0.4, 0.5) is 23.0 Å². The number of halogens is 5. The molecule has 1 rings (SSSR count). The van der Waals surface area contributed by atoms with E-state index in [1.54, 1.807) is 18.2 Å². The maximum Gasteiger partial charge on any atom is 0.673 e. The van der Waals surface area contributed by atoms with Crippen molar-refractivity contribution in [2.75, 3.05) is 0 Å². The third-order valence-electron chi connectivity index (χ3n) is 1.32. The van der Waals surface area contributed by atoms with Crippen molar-refractivity contribution in [3.05, 3.63) is 32.3 Å². The van der Waals surface area contributed by atoms with E-state index in [0.29, 0.717) is 5.69 Å². The van der Waals surface area contributed by atoms with Crippen LogP contribution in [0.5, 0.6) is 0 Å². The van der Waals surface area contributed by atoms with Gasteiger partial charge in [0.05, 0.1) is 6.61 Å². The SMILES string of the molecule is F[B-](F)(F)F.N#[N+]c1ccc(I)c(CO)c1. The Balaban J connectivity index is 0.000000385. The normalized spacial score (nSPS) is 10.1. The fourth-order valence-electron chi connectivity index (χ4n) is 0.745. The lowest BCUT2D eigenvalue weighted by atomic mass is 10.2. The molecule has 0 radical (unpaired) electrons. The molecule has 1 aromatic rings. The van der Waals surface area contributed by atoms with E-state index in [-0.39, 0.29) is 6.61 Å². The minimum absolute atomic E-state index is 0.0262. The number of aliphatic hydroxyl groups excluding tert-OH is 1. The molecule has 0 amide bonds. The van der Waals surface area contributed by atoms with Crippen molar-refractivity contribution >= 4 is 35.5 Å². The predicted octanol–water partition coefficient (Wildman–Crippen LogP) is 3.57. The Hall–Kier alpha value is -0.885. The zero-order chi connectivity index (χ0) is 12.8. The minimum Gasteiger partial charge on any atom is -0.418 e. The van der Waals surface area contributed by atoms with Crippen molar-refractivity contribution in [3.63, 3.8) is 0 Å². The van der Waals surface area contributed by atoms with Gasteiger partial charge in [-0.1, -0.05) is 0 Å². The molecule has 16 heavy (non-hydrogen) atoms. The molecule has 9 heteroatoms. The van der Waals surface area contributed by atoms with Gasteiger partial charge in [0.15, 0.2) is 4.98 Å². The molecule has 0 bridgehead atoms. The number of rotatable bonds is 1. The van der Waals surface area contributed by atoms with Crippen molar-refractivity contribution in [1.29, 1.82) is 5.39 Å². The number of aliphatic hydroxyl groups is 1. The first kappa shape index (κ1) is 15.1. The summed E-state index contributed by atoms with van der Waals surface area (Å²) in [7, 11) is -6.00. The quantitative estimate of drug-likeness (QED) is 0.365. The van der Waals surface area contributed by atoms with Crippen molar-refractivity contribution < 1.29 is 22.4 Å². The summed E-state index contributed by atoms with van der Waals surface area (Å²) in [6.45, 7) is -0.0262. The topological polar surface area (TPSA) is 48.4 Å². The summed E-state index contributed by atoms with van der Waals surface area (Å²) in [6.07, 6.45) is 0. The average molecular weight is 348 g/mol. The van der Waals surface area contributed by atoms with Gasteiger partial charge in [0.2, 0.25) is 5.39 Å². The first-order chi connectivity index (χ1) is 7.27. The van der Waals surface area contributed by atoms with Gasteiger partial charge >= 0.3 is 12.9 Å². The Labute approximate surface area is 102 Å². The molecule has 0 aliphatic heterocycles. The Bertz CT molecular complexity index is 387. The molecule has 0 saturated carbocycles. The molecule has 0 spiro atoms. The van der Waals surface area contributed by atoms with Crippen LogP contribution in [0, 0.1) is 8.96 Å². The Morgan fingerprint density at radius 2 is 1.81 bits per heavy atom. The molecule has 0 unspecified atom stereocenters. The molecular weight excluding hydrogens is 342 g/mol. The largest absolute Gasteiger partial charge is 0.673 e. The van der Waals surface area contributed by atoms with E-state index in [1.807, 2.05) is 0 Å². The lowest BCUT2D eigenvalue weighted by Crippen LogP contribution is -2.02. The average Bonchev–Trinajstić information content (AvgIpc) is 2.16. The van der Waals surface area contributed by atoms with Gasteiger partial charge in [-0.15, -0.1) is 0 Å². The molecule has 1 aromatic carbocycles. The van der Waals surface area contributed by atoms with Gasteiger partial charge in [0.1, 0.15) is 0 Å².